The predicted octanol–water partition coefficient (Wildman–Crippen LogP) is -2.38. The quantitative estimate of drug-likeness (QED) is 0.363. The number of carbonyl (C=O) groups excluding carboxylic acids is 3. The number of nitrogens with one attached hydrogen (secondary N) is 4. The number of amides is 4. The first kappa shape index (κ1) is 15.7. The Morgan fingerprint density at radius 2 is 1.72 bits per heavy atom. The van der Waals surface area contributed by atoms with Gasteiger partial charge in [-0.2, -0.15) is 0 Å². The van der Waals surface area contributed by atoms with Crippen molar-refractivity contribution >= 4 is 23.8 Å². The van der Waals surface area contributed by atoms with Crippen LogP contribution in [0.25, 0.3) is 0 Å². The van der Waals surface area contributed by atoms with E-state index in [2.05, 4.69) is 21.3 Å². The van der Waals surface area contributed by atoms with Gasteiger partial charge in [0, 0.05) is 7.05 Å². The van der Waals surface area contributed by atoms with Crippen LogP contribution in [0.3, 0.4) is 0 Å². The lowest BCUT2D eigenvalue weighted by molar-refractivity contribution is -0.137. The summed E-state index contributed by atoms with van der Waals surface area (Å²) in [6.07, 6.45) is 0. The highest BCUT2D eigenvalue weighted by Crippen LogP contribution is 1.80. The zero-order valence-electron chi connectivity index (χ0n) is 10.1. The van der Waals surface area contributed by atoms with E-state index in [-0.39, 0.29) is 12.5 Å². The van der Waals surface area contributed by atoms with Crippen molar-refractivity contribution in [2.75, 3.05) is 20.1 Å². The Kier molecular flexibility index (Phi) is 6.86. The zero-order valence-corrected chi connectivity index (χ0v) is 10.1. The molecule has 0 rings (SSSR count). The second kappa shape index (κ2) is 7.87. The lowest BCUT2D eigenvalue weighted by atomic mass is 10.3. The molecule has 9 heteroatoms. The van der Waals surface area contributed by atoms with Crippen molar-refractivity contribution in [2.45, 2.75) is 13.0 Å². The smallest absolute Gasteiger partial charge is 0.322 e. The molecule has 0 aliphatic carbocycles. The van der Waals surface area contributed by atoms with Gasteiger partial charge in [-0.05, 0) is 6.92 Å². The molecule has 0 aliphatic rings. The van der Waals surface area contributed by atoms with Crippen LogP contribution in [0, 0.1) is 0 Å². The molecule has 0 bridgehead atoms. The van der Waals surface area contributed by atoms with E-state index in [0.29, 0.717) is 0 Å². The summed E-state index contributed by atoms with van der Waals surface area (Å²) in [7, 11) is 1.43. The average molecular weight is 260 g/mol. The molecule has 9 nitrogen and oxygen atoms in total. The van der Waals surface area contributed by atoms with Crippen molar-refractivity contribution in [1.82, 2.24) is 21.3 Å². The minimum atomic E-state index is -1.18. The number of hydrogen-bond donors (Lipinski definition) is 5. The second-order valence-electron chi connectivity index (χ2n) is 3.33. The summed E-state index contributed by atoms with van der Waals surface area (Å²) in [6.45, 7) is 0.583. The molecule has 0 saturated carbocycles. The molecule has 0 heterocycles. The zero-order chi connectivity index (χ0) is 14.1. The summed E-state index contributed by atoms with van der Waals surface area (Å²) >= 11 is 0. The molecular formula is C9H16N4O5. The topological polar surface area (TPSA) is 137 Å². The Labute approximate surface area is 103 Å². The van der Waals surface area contributed by atoms with Crippen LogP contribution >= 0.6 is 0 Å². The second-order valence-corrected chi connectivity index (χ2v) is 3.33. The van der Waals surface area contributed by atoms with Gasteiger partial charge in [-0.25, -0.2) is 4.79 Å². The van der Waals surface area contributed by atoms with Gasteiger partial charge in [0.25, 0.3) is 0 Å². The summed E-state index contributed by atoms with van der Waals surface area (Å²) in [4.78, 5) is 43.5. The molecule has 0 aliphatic heterocycles. The lowest BCUT2D eigenvalue weighted by Crippen LogP contribution is -2.49. The van der Waals surface area contributed by atoms with E-state index in [1.54, 1.807) is 0 Å². The minimum Gasteiger partial charge on any atom is -0.480 e. The molecule has 0 aromatic carbocycles. The van der Waals surface area contributed by atoms with Crippen molar-refractivity contribution < 1.29 is 24.3 Å². The first-order valence-electron chi connectivity index (χ1n) is 5.11. The van der Waals surface area contributed by atoms with E-state index < -0.39 is 30.5 Å². The monoisotopic (exact) mass is 260 g/mol. The molecule has 5 N–H and O–H groups in total. The molecule has 0 radical (unpaired) electrons. The maximum absolute atomic E-state index is 11.2. The summed E-state index contributed by atoms with van der Waals surface area (Å²) in [5, 5.41) is 17.2. The molecule has 0 aromatic rings. The fourth-order valence-electron chi connectivity index (χ4n) is 0.927. The molecule has 1 atom stereocenters. The molecular weight excluding hydrogens is 244 g/mol. The normalized spacial score (nSPS) is 11.0. The Morgan fingerprint density at radius 3 is 2.22 bits per heavy atom. The highest BCUT2D eigenvalue weighted by atomic mass is 16.4. The van der Waals surface area contributed by atoms with Crippen LogP contribution in [0.15, 0.2) is 0 Å². The van der Waals surface area contributed by atoms with Gasteiger partial charge in [-0.1, -0.05) is 0 Å². The van der Waals surface area contributed by atoms with E-state index in [0.717, 1.165) is 0 Å². The molecule has 1 unspecified atom stereocenters. The van der Waals surface area contributed by atoms with Gasteiger partial charge in [-0.3, -0.25) is 14.4 Å². The van der Waals surface area contributed by atoms with Crippen LogP contribution in [0.1, 0.15) is 6.92 Å². The van der Waals surface area contributed by atoms with Crippen molar-refractivity contribution in [1.29, 1.82) is 0 Å². The number of rotatable bonds is 6. The average Bonchev–Trinajstić information content (AvgIpc) is 2.32. The maximum Gasteiger partial charge on any atom is 0.322 e. The molecule has 4 amide bonds. The summed E-state index contributed by atoms with van der Waals surface area (Å²) in [5.74, 6) is -2.19. The van der Waals surface area contributed by atoms with Crippen LogP contribution < -0.4 is 21.3 Å². The van der Waals surface area contributed by atoms with E-state index in [1.807, 2.05) is 0 Å². The molecule has 102 valence electrons. The number of hydrogen-bond acceptors (Lipinski definition) is 4. The van der Waals surface area contributed by atoms with Crippen molar-refractivity contribution in [3.8, 4) is 0 Å². The number of aliphatic carboxylic acids is 1. The number of urea groups is 1. The first-order chi connectivity index (χ1) is 8.36. The Bertz CT molecular complexity index is 344. The van der Waals surface area contributed by atoms with Gasteiger partial charge in [0.15, 0.2) is 0 Å². The fourth-order valence-corrected chi connectivity index (χ4v) is 0.927. The summed E-state index contributed by atoms with van der Waals surface area (Å²) in [6, 6.07) is -1.44. The van der Waals surface area contributed by atoms with Gasteiger partial charge in [-0.15, -0.1) is 0 Å². The van der Waals surface area contributed by atoms with Gasteiger partial charge in [0.2, 0.25) is 11.8 Å². The van der Waals surface area contributed by atoms with Crippen molar-refractivity contribution in [3.63, 3.8) is 0 Å². The molecule has 0 saturated heterocycles. The number of likely N-dealkylation sites (N-methyl/N-ethyl adjacent to an activating group) is 1. The molecule has 18 heavy (non-hydrogen) atoms. The highest BCUT2D eigenvalue weighted by molar-refractivity contribution is 5.89. The van der Waals surface area contributed by atoms with E-state index in [4.69, 9.17) is 5.11 Å². The van der Waals surface area contributed by atoms with E-state index in [1.165, 1.54) is 14.0 Å². The predicted molar refractivity (Wildman–Crippen MR) is 60.7 cm³/mol. The van der Waals surface area contributed by atoms with Gasteiger partial charge >= 0.3 is 12.0 Å². The summed E-state index contributed by atoms with van der Waals surface area (Å²) < 4.78 is 0. The lowest BCUT2D eigenvalue weighted by Gasteiger charge is -2.12. The molecule has 0 spiro atoms. The molecule has 0 fully saturated rings. The molecule has 0 aromatic heterocycles. The minimum absolute atomic E-state index is 0.375. The Hall–Kier alpha value is -2.32. The van der Waals surface area contributed by atoms with E-state index in [9.17, 15) is 19.2 Å². The Morgan fingerprint density at radius 1 is 1.11 bits per heavy atom. The maximum atomic E-state index is 11.2. The fraction of sp³-hybridized carbons (Fsp3) is 0.556. The Balaban J connectivity index is 3.86. The third kappa shape index (κ3) is 7.04. The standard InChI is InChI=1S/C9H16N4O5/c1-5(8(17)10-2)13-9(18)12-3-6(14)11-4-7(15)16/h5H,3-4H2,1-2H3,(H,10,17)(H,11,14)(H,15,16)(H2,12,13,18). The van der Waals surface area contributed by atoms with Crippen LogP contribution in [-0.2, 0) is 14.4 Å². The number of carbonyl (C=O) groups is 4. The van der Waals surface area contributed by atoms with Crippen LogP contribution in [-0.4, -0.2) is 55.1 Å². The van der Waals surface area contributed by atoms with Gasteiger partial charge in [0.05, 0.1) is 6.54 Å². The SMILES string of the molecule is CNC(=O)C(C)NC(=O)NCC(=O)NCC(=O)O. The third-order valence-electron chi connectivity index (χ3n) is 1.83. The van der Waals surface area contributed by atoms with Crippen LogP contribution in [0.5, 0.6) is 0 Å². The first-order valence-corrected chi connectivity index (χ1v) is 5.11. The van der Waals surface area contributed by atoms with Crippen molar-refractivity contribution in [2.24, 2.45) is 0 Å². The van der Waals surface area contributed by atoms with Gasteiger partial charge in [0.1, 0.15) is 12.6 Å². The van der Waals surface area contributed by atoms with Crippen LogP contribution in [0.2, 0.25) is 0 Å². The highest BCUT2D eigenvalue weighted by Gasteiger charge is 2.14. The van der Waals surface area contributed by atoms with Crippen LogP contribution in [0.4, 0.5) is 4.79 Å². The number of carboxylic acids is 1. The van der Waals surface area contributed by atoms with Gasteiger partial charge < -0.3 is 26.4 Å². The largest absolute Gasteiger partial charge is 0.480 e. The number of carboxylic acid groups (broad SMARTS) is 1. The van der Waals surface area contributed by atoms with Crippen molar-refractivity contribution in [3.05, 3.63) is 0 Å². The van der Waals surface area contributed by atoms with E-state index >= 15 is 0 Å². The third-order valence-corrected chi connectivity index (χ3v) is 1.83. The summed E-state index contributed by atoms with van der Waals surface area (Å²) in [5.41, 5.74) is 0.